The molecule has 1 atom stereocenters. The van der Waals surface area contributed by atoms with Crippen LogP contribution in [0.3, 0.4) is 0 Å². The average Bonchev–Trinajstić information content (AvgIpc) is 2.64. The highest BCUT2D eigenvalue weighted by Gasteiger charge is 2.24. The highest BCUT2D eigenvalue weighted by Crippen LogP contribution is 2.26. The normalized spacial score (nSPS) is 17.4. The van der Waals surface area contributed by atoms with Crippen LogP contribution >= 0.6 is 11.6 Å². The number of nitrogens with one attached hydrogen (secondary N) is 1. The van der Waals surface area contributed by atoms with Crippen molar-refractivity contribution in [2.45, 2.75) is 33.1 Å². The van der Waals surface area contributed by atoms with Crippen molar-refractivity contribution in [1.29, 1.82) is 0 Å². The van der Waals surface area contributed by atoms with Gasteiger partial charge < -0.3 is 10.2 Å². The maximum absolute atomic E-state index is 12.7. The Morgan fingerprint density at radius 3 is 2.88 bits per heavy atom. The molecule has 0 aromatic carbocycles. The maximum atomic E-state index is 12.7. The topological polar surface area (TPSA) is 58.1 Å². The molecule has 0 radical (unpaired) electrons. The molecule has 3 heterocycles. The zero-order valence-corrected chi connectivity index (χ0v) is 15.4. The molecule has 132 valence electrons. The summed E-state index contributed by atoms with van der Waals surface area (Å²) in [6.07, 6.45) is 6.69. The molecule has 3 rings (SSSR count). The van der Waals surface area contributed by atoms with Crippen LogP contribution in [0.4, 0.5) is 11.5 Å². The van der Waals surface area contributed by atoms with Crippen LogP contribution in [0.25, 0.3) is 0 Å². The zero-order chi connectivity index (χ0) is 17.8. The first-order valence-electron chi connectivity index (χ1n) is 8.71. The van der Waals surface area contributed by atoms with Gasteiger partial charge in [0.2, 0.25) is 0 Å². The van der Waals surface area contributed by atoms with E-state index in [9.17, 15) is 4.79 Å². The third kappa shape index (κ3) is 4.28. The van der Waals surface area contributed by atoms with E-state index in [1.54, 1.807) is 18.5 Å². The first-order chi connectivity index (χ1) is 12.1. The lowest BCUT2D eigenvalue weighted by atomic mass is 9.95. The van der Waals surface area contributed by atoms with Crippen LogP contribution in [0.2, 0.25) is 5.02 Å². The molecule has 1 N–H and O–H groups in total. The Morgan fingerprint density at radius 1 is 1.36 bits per heavy atom. The van der Waals surface area contributed by atoms with E-state index >= 15 is 0 Å². The van der Waals surface area contributed by atoms with Gasteiger partial charge in [-0.05, 0) is 43.9 Å². The molecule has 0 saturated carbocycles. The highest BCUT2D eigenvalue weighted by molar-refractivity contribution is 6.33. The van der Waals surface area contributed by atoms with Crippen LogP contribution in [0.15, 0.2) is 30.6 Å². The number of pyridine rings is 2. The number of rotatable bonds is 4. The lowest BCUT2D eigenvalue weighted by Crippen LogP contribution is -2.39. The van der Waals surface area contributed by atoms with Crippen molar-refractivity contribution in [3.8, 4) is 0 Å². The van der Waals surface area contributed by atoms with E-state index in [-0.39, 0.29) is 5.91 Å². The molecule has 0 unspecified atom stereocenters. The number of nitrogens with zero attached hydrogens (tertiary/aromatic N) is 3. The van der Waals surface area contributed by atoms with Crippen molar-refractivity contribution in [3.05, 3.63) is 46.9 Å². The number of halogens is 1. The smallest absolute Gasteiger partial charge is 0.255 e. The minimum absolute atomic E-state index is 0.0103. The second-order valence-corrected chi connectivity index (χ2v) is 6.94. The molecule has 25 heavy (non-hydrogen) atoms. The van der Waals surface area contributed by atoms with Crippen LogP contribution in [-0.2, 0) is 0 Å². The number of aryl methyl sites for hydroxylation is 1. The second-order valence-electron chi connectivity index (χ2n) is 6.54. The Bertz CT molecular complexity index is 748. The lowest BCUT2D eigenvalue weighted by Gasteiger charge is -2.32. The van der Waals surface area contributed by atoms with Gasteiger partial charge in [0.1, 0.15) is 5.82 Å². The zero-order valence-electron chi connectivity index (χ0n) is 14.6. The quantitative estimate of drug-likeness (QED) is 0.877. The standard InChI is InChI=1S/C19H23ClN4O/c1-3-14-5-4-8-24(12-14)19(25)15-9-17(20)18(22-10-15)23-16-7-6-13(2)21-11-16/h6-7,9-11,14H,3-5,8,12H2,1-2H3,(H,22,23)/t14-/m0/s1. The van der Waals surface area contributed by atoms with Gasteiger partial charge in [0.05, 0.1) is 22.5 Å². The molecule has 1 fully saturated rings. The molecule has 1 amide bonds. The fourth-order valence-electron chi connectivity index (χ4n) is 3.09. The summed E-state index contributed by atoms with van der Waals surface area (Å²) in [6, 6.07) is 5.52. The summed E-state index contributed by atoms with van der Waals surface area (Å²) in [6.45, 7) is 5.74. The Kier molecular flexibility index (Phi) is 5.53. The van der Waals surface area contributed by atoms with Crippen molar-refractivity contribution in [2.24, 2.45) is 5.92 Å². The molecule has 1 aliphatic heterocycles. The van der Waals surface area contributed by atoms with Gasteiger partial charge in [-0.3, -0.25) is 9.78 Å². The molecule has 2 aromatic heterocycles. The van der Waals surface area contributed by atoms with Gasteiger partial charge in [0, 0.05) is 25.0 Å². The summed E-state index contributed by atoms with van der Waals surface area (Å²) in [5.74, 6) is 1.13. The van der Waals surface area contributed by atoms with E-state index in [0.29, 0.717) is 22.3 Å². The van der Waals surface area contributed by atoms with Crippen molar-refractivity contribution in [3.63, 3.8) is 0 Å². The van der Waals surface area contributed by atoms with Crippen molar-refractivity contribution in [2.75, 3.05) is 18.4 Å². The van der Waals surface area contributed by atoms with E-state index in [0.717, 1.165) is 37.3 Å². The van der Waals surface area contributed by atoms with Crippen LogP contribution < -0.4 is 5.32 Å². The molecular weight excluding hydrogens is 336 g/mol. The average molecular weight is 359 g/mol. The SMILES string of the molecule is CC[C@H]1CCCN(C(=O)c2cnc(Nc3ccc(C)nc3)c(Cl)c2)C1. The highest BCUT2D eigenvalue weighted by atomic mass is 35.5. The molecule has 6 heteroatoms. The van der Waals surface area contributed by atoms with Crippen molar-refractivity contribution in [1.82, 2.24) is 14.9 Å². The predicted octanol–water partition coefficient (Wildman–Crippen LogP) is 4.44. The Hall–Kier alpha value is -2.14. The lowest BCUT2D eigenvalue weighted by molar-refractivity contribution is 0.0671. The summed E-state index contributed by atoms with van der Waals surface area (Å²) in [5.41, 5.74) is 2.28. The summed E-state index contributed by atoms with van der Waals surface area (Å²) in [7, 11) is 0. The number of hydrogen-bond donors (Lipinski definition) is 1. The van der Waals surface area contributed by atoms with Gasteiger partial charge in [-0.1, -0.05) is 24.9 Å². The molecule has 0 spiro atoms. The van der Waals surface area contributed by atoms with Gasteiger partial charge in [-0.2, -0.15) is 0 Å². The van der Waals surface area contributed by atoms with Crippen LogP contribution in [0.5, 0.6) is 0 Å². The molecule has 0 aliphatic carbocycles. The van der Waals surface area contributed by atoms with Crippen molar-refractivity contribution < 1.29 is 4.79 Å². The van der Waals surface area contributed by atoms with Crippen LogP contribution in [0, 0.1) is 12.8 Å². The molecule has 0 bridgehead atoms. The molecule has 1 saturated heterocycles. The van der Waals surface area contributed by atoms with E-state index in [2.05, 4.69) is 22.2 Å². The number of likely N-dealkylation sites (tertiary alicyclic amines) is 1. The Balaban J connectivity index is 1.72. The van der Waals surface area contributed by atoms with Gasteiger partial charge >= 0.3 is 0 Å². The number of aromatic nitrogens is 2. The number of hydrogen-bond acceptors (Lipinski definition) is 4. The predicted molar refractivity (Wildman–Crippen MR) is 100 cm³/mol. The van der Waals surface area contributed by atoms with Crippen LogP contribution in [0.1, 0.15) is 42.2 Å². The first-order valence-corrected chi connectivity index (χ1v) is 9.09. The third-order valence-corrected chi connectivity index (χ3v) is 4.93. The molecule has 2 aromatic rings. The van der Waals surface area contributed by atoms with E-state index in [1.807, 2.05) is 24.0 Å². The van der Waals surface area contributed by atoms with Crippen LogP contribution in [-0.4, -0.2) is 33.9 Å². The number of carbonyl (C=O) groups excluding carboxylic acids is 1. The van der Waals surface area contributed by atoms with Gasteiger partial charge in [0.25, 0.3) is 5.91 Å². The monoisotopic (exact) mass is 358 g/mol. The second kappa shape index (κ2) is 7.83. The number of piperidine rings is 1. The fraction of sp³-hybridized carbons (Fsp3) is 0.421. The minimum Gasteiger partial charge on any atom is -0.338 e. The van der Waals surface area contributed by atoms with Gasteiger partial charge in [0.15, 0.2) is 0 Å². The molecule has 5 nitrogen and oxygen atoms in total. The number of anilines is 2. The van der Waals surface area contributed by atoms with Gasteiger partial charge in [-0.25, -0.2) is 4.98 Å². The fourth-order valence-corrected chi connectivity index (χ4v) is 3.30. The minimum atomic E-state index is 0.0103. The van der Waals surface area contributed by atoms with Crippen molar-refractivity contribution >= 4 is 29.0 Å². The van der Waals surface area contributed by atoms with Gasteiger partial charge in [-0.15, -0.1) is 0 Å². The summed E-state index contributed by atoms with van der Waals surface area (Å²) < 4.78 is 0. The summed E-state index contributed by atoms with van der Waals surface area (Å²) in [4.78, 5) is 23.2. The van der Waals surface area contributed by atoms with E-state index in [1.165, 1.54) is 6.42 Å². The third-order valence-electron chi connectivity index (χ3n) is 4.65. The number of carbonyl (C=O) groups is 1. The first kappa shape index (κ1) is 17.7. The Morgan fingerprint density at radius 2 is 2.20 bits per heavy atom. The summed E-state index contributed by atoms with van der Waals surface area (Å²) in [5, 5.41) is 3.56. The number of amides is 1. The largest absolute Gasteiger partial charge is 0.338 e. The maximum Gasteiger partial charge on any atom is 0.255 e. The molecule has 1 aliphatic rings. The summed E-state index contributed by atoms with van der Waals surface area (Å²) >= 11 is 6.33. The van der Waals surface area contributed by atoms with E-state index in [4.69, 9.17) is 11.6 Å². The van der Waals surface area contributed by atoms with E-state index < -0.39 is 0 Å². The molecular formula is C19H23ClN4O. The Labute approximate surface area is 153 Å².